The Morgan fingerprint density at radius 2 is 2.07 bits per heavy atom. The molecule has 0 saturated heterocycles. The molecular weight excluding hydrogens is 342 g/mol. The van der Waals surface area contributed by atoms with Crippen LogP contribution in [0, 0.1) is 0 Å². The van der Waals surface area contributed by atoms with Gasteiger partial charge in [0.25, 0.3) is 5.91 Å². The minimum atomic E-state index is -0.142. The second-order valence-electron chi connectivity index (χ2n) is 6.42. The summed E-state index contributed by atoms with van der Waals surface area (Å²) in [6, 6.07) is 11.1. The van der Waals surface area contributed by atoms with Crippen LogP contribution in [-0.4, -0.2) is 33.1 Å². The Labute approximate surface area is 156 Å². The summed E-state index contributed by atoms with van der Waals surface area (Å²) < 4.78 is 1.67. The number of carbonyl (C=O) groups is 2. The molecule has 0 fully saturated rings. The average Bonchev–Trinajstić information content (AvgIpc) is 3.35. The number of fused-ring (bicyclic) bond motifs is 1. The highest BCUT2D eigenvalue weighted by Crippen LogP contribution is 2.28. The van der Waals surface area contributed by atoms with Gasteiger partial charge in [-0.3, -0.25) is 9.59 Å². The first-order valence-corrected chi connectivity index (χ1v) is 8.76. The molecule has 2 aromatic heterocycles. The molecule has 0 saturated carbocycles. The zero-order valence-electron chi connectivity index (χ0n) is 14.9. The molecule has 0 aliphatic carbocycles. The van der Waals surface area contributed by atoms with Crippen LogP contribution >= 0.6 is 0 Å². The summed E-state index contributed by atoms with van der Waals surface area (Å²) in [4.78, 5) is 30.2. The molecule has 0 bridgehead atoms. The number of benzene rings is 1. The lowest BCUT2D eigenvalue weighted by Gasteiger charge is -2.14. The Morgan fingerprint density at radius 3 is 2.85 bits per heavy atom. The van der Waals surface area contributed by atoms with Crippen LogP contribution in [0.2, 0.25) is 0 Å². The molecule has 2 amide bonds. The van der Waals surface area contributed by atoms with E-state index in [4.69, 9.17) is 0 Å². The first-order chi connectivity index (χ1) is 13.1. The largest absolute Gasteiger partial charge is 0.348 e. The van der Waals surface area contributed by atoms with Gasteiger partial charge in [-0.2, -0.15) is 5.10 Å². The lowest BCUT2D eigenvalue weighted by molar-refractivity contribution is -0.116. The fourth-order valence-corrected chi connectivity index (χ4v) is 3.25. The lowest BCUT2D eigenvalue weighted by atomic mass is 10.1. The Bertz CT molecular complexity index is 997. The van der Waals surface area contributed by atoms with Crippen LogP contribution in [0.4, 0.5) is 5.69 Å². The van der Waals surface area contributed by atoms with Gasteiger partial charge in [-0.1, -0.05) is 0 Å². The molecule has 1 aliphatic rings. The zero-order valence-corrected chi connectivity index (χ0v) is 14.9. The number of aromatic nitrogens is 3. The van der Waals surface area contributed by atoms with Gasteiger partial charge in [-0.25, -0.2) is 9.67 Å². The number of hydrogen-bond acceptors (Lipinski definition) is 4. The molecule has 4 rings (SSSR count). The monoisotopic (exact) mass is 361 g/mol. The highest BCUT2D eigenvalue weighted by Gasteiger charge is 2.23. The van der Waals surface area contributed by atoms with Crippen molar-refractivity contribution in [3.8, 4) is 5.82 Å². The molecule has 7 nitrogen and oxygen atoms in total. The van der Waals surface area contributed by atoms with Crippen molar-refractivity contribution in [2.45, 2.75) is 19.9 Å². The SMILES string of the molecule is CC(=O)N1CCc2cc(C(=O)NCc3ccnc(-n4cccn4)c3)ccc21. The highest BCUT2D eigenvalue weighted by atomic mass is 16.2. The summed E-state index contributed by atoms with van der Waals surface area (Å²) >= 11 is 0. The molecule has 0 spiro atoms. The van der Waals surface area contributed by atoms with Gasteiger partial charge < -0.3 is 10.2 Å². The molecule has 3 heterocycles. The molecule has 7 heteroatoms. The van der Waals surface area contributed by atoms with Crippen molar-refractivity contribution in [3.05, 3.63) is 71.7 Å². The second kappa shape index (κ2) is 7.03. The van der Waals surface area contributed by atoms with Gasteiger partial charge in [0.1, 0.15) is 0 Å². The molecule has 1 aromatic carbocycles. The Balaban J connectivity index is 1.45. The van der Waals surface area contributed by atoms with Gasteiger partial charge >= 0.3 is 0 Å². The summed E-state index contributed by atoms with van der Waals surface area (Å²) in [6.45, 7) is 2.62. The maximum absolute atomic E-state index is 12.5. The average molecular weight is 361 g/mol. The van der Waals surface area contributed by atoms with E-state index in [0.717, 1.165) is 23.2 Å². The first-order valence-electron chi connectivity index (χ1n) is 8.76. The number of nitrogens with one attached hydrogen (secondary N) is 1. The molecule has 0 radical (unpaired) electrons. The van der Waals surface area contributed by atoms with Crippen LogP contribution in [0.3, 0.4) is 0 Å². The fourth-order valence-electron chi connectivity index (χ4n) is 3.25. The van der Waals surface area contributed by atoms with E-state index in [1.165, 1.54) is 0 Å². The van der Waals surface area contributed by atoms with E-state index in [2.05, 4.69) is 15.4 Å². The number of anilines is 1. The third-order valence-electron chi connectivity index (χ3n) is 4.62. The fraction of sp³-hybridized carbons (Fsp3) is 0.200. The first kappa shape index (κ1) is 17.0. The Hall–Kier alpha value is -3.48. The van der Waals surface area contributed by atoms with Gasteiger partial charge in [-0.15, -0.1) is 0 Å². The number of rotatable bonds is 4. The number of nitrogens with zero attached hydrogens (tertiary/aromatic N) is 4. The smallest absolute Gasteiger partial charge is 0.251 e. The summed E-state index contributed by atoms with van der Waals surface area (Å²) in [5.74, 6) is 0.585. The van der Waals surface area contributed by atoms with Crippen LogP contribution in [0.1, 0.15) is 28.4 Å². The van der Waals surface area contributed by atoms with Gasteiger partial charge in [-0.05, 0) is 53.9 Å². The summed E-state index contributed by atoms with van der Waals surface area (Å²) in [5.41, 5.74) is 3.47. The highest BCUT2D eigenvalue weighted by molar-refractivity contribution is 5.97. The van der Waals surface area contributed by atoms with Crippen molar-refractivity contribution >= 4 is 17.5 Å². The number of carbonyl (C=O) groups excluding carboxylic acids is 2. The van der Waals surface area contributed by atoms with Crippen molar-refractivity contribution in [1.82, 2.24) is 20.1 Å². The lowest BCUT2D eigenvalue weighted by Crippen LogP contribution is -2.26. The zero-order chi connectivity index (χ0) is 18.8. The van der Waals surface area contributed by atoms with Crippen molar-refractivity contribution in [2.75, 3.05) is 11.4 Å². The molecule has 27 heavy (non-hydrogen) atoms. The minimum absolute atomic E-state index is 0.0247. The van der Waals surface area contributed by atoms with Gasteiger partial charge in [0, 0.05) is 49.9 Å². The van der Waals surface area contributed by atoms with E-state index >= 15 is 0 Å². The van der Waals surface area contributed by atoms with Gasteiger partial charge in [0.15, 0.2) is 5.82 Å². The van der Waals surface area contributed by atoms with E-state index in [9.17, 15) is 9.59 Å². The molecule has 0 atom stereocenters. The summed E-state index contributed by atoms with van der Waals surface area (Å²) in [5, 5.41) is 7.10. The van der Waals surface area contributed by atoms with E-state index < -0.39 is 0 Å². The Morgan fingerprint density at radius 1 is 1.19 bits per heavy atom. The molecule has 0 unspecified atom stereocenters. The normalized spacial score (nSPS) is 12.7. The Kier molecular flexibility index (Phi) is 4.42. The molecular formula is C20H19N5O2. The summed E-state index contributed by atoms with van der Waals surface area (Å²) in [6.07, 6.45) is 5.98. The van der Waals surface area contributed by atoms with Crippen LogP contribution in [-0.2, 0) is 17.8 Å². The quantitative estimate of drug-likeness (QED) is 0.772. The number of pyridine rings is 1. The topological polar surface area (TPSA) is 80.1 Å². The number of amides is 2. The van der Waals surface area contributed by atoms with Crippen molar-refractivity contribution < 1.29 is 9.59 Å². The standard InChI is InChI=1S/C20H19N5O2/c1-14(26)24-10-6-16-12-17(3-4-18(16)24)20(27)22-13-15-5-8-21-19(11-15)25-9-2-7-23-25/h2-5,7-9,11-12H,6,10,13H2,1H3,(H,22,27). The predicted octanol–water partition coefficient (Wildman–Crippen LogP) is 2.11. The van der Waals surface area contributed by atoms with Crippen LogP contribution in [0.5, 0.6) is 0 Å². The van der Waals surface area contributed by atoms with Gasteiger partial charge in [0.2, 0.25) is 5.91 Å². The third kappa shape index (κ3) is 3.44. The van der Waals surface area contributed by atoms with Gasteiger partial charge in [0.05, 0.1) is 0 Å². The number of hydrogen-bond donors (Lipinski definition) is 1. The maximum atomic E-state index is 12.5. The van der Waals surface area contributed by atoms with Crippen LogP contribution in [0.25, 0.3) is 5.82 Å². The molecule has 1 aliphatic heterocycles. The van der Waals surface area contributed by atoms with Crippen LogP contribution < -0.4 is 10.2 Å². The van der Waals surface area contributed by atoms with Crippen molar-refractivity contribution in [2.24, 2.45) is 0 Å². The van der Waals surface area contributed by atoms with E-state index in [1.54, 1.807) is 35.0 Å². The van der Waals surface area contributed by atoms with E-state index in [0.29, 0.717) is 24.5 Å². The van der Waals surface area contributed by atoms with Crippen molar-refractivity contribution in [1.29, 1.82) is 0 Å². The molecule has 136 valence electrons. The van der Waals surface area contributed by atoms with E-state index in [1.807, 2.05) is 36.5 Å². The second-order valence-corrected chi connectivity index (χ2v) is 6.42. The van der Waals surface area contributed by atoms with Crippen molar-refractivity contribution in [3.63, 3.8) is 0 Å². The third-order valence-corrected chi connectivity index (χ3v) is 4.62. The maximum Gasteiger partial charge on any atom is 0.251 e. The summed E-state index contributed by atoms with van der Waals surface area (Å²) in [7, 11) is 0. The molecule has 1 N–H and O–H groups in total. The van der Waals surface area contributed by atoms with Crippen LogP contribution in [0.15, 0.2) is 55.0 Å². The molecule has 3 aromatic rings. The predicted molar refractivity (Wildman–Crippen MR) is 101 cm³/mol. The van der Waals surface area contributed by atoms with E-state index in [-0.39, 0.29) is 11.8 Å². The minimum Gasteiger partial charge on any atom is -0.348 e.